The van der Waals surface area contributed by atoms with Gasteiger partial charge in [0.1, 0.15) is 0 Å². The van der Waals surface area contributed by atoms with Gasteiger partial charge in [0.05, 0.1) is 6.42 Å². The van der Waals surface area contributed by atoms with Gasteiger partial charge in [0.25, 0.3) is 0 Å². The lowest BCUT2D eigenvalue weighted by Gasteiger charge is -2.36. The number of likely N-dealkylation sites (tertiary alicyclic amines) is 1. The number of hydrogen-bond donors (Lipinski definition) is 1. The molecule has 2 atom stereocenters. The van der Waals surface area contributed by atoms with E-state index in [1.807, 2.05) is 18.2 Å². The Labute approximate surface area is 115 Å². The molecule has 1 saturated heterocycles. The van der Waals surface area contributed by atoms with Crippen LogP contribution in [0.15, 0.2) is 24.3 Å². The lowest BCUT2D eigenvalue weighted by Crippen LogP contribution is -2.39. The van der Waals surface area contributed by atoms with Crippen LogP contribution in [0.5, 0.6) is 0 Å². The molecule has 1 N–H and O–H groups in total. The number of carboxylic acids is 1. The fraction of sp³-hybridized carbons (Fsp3) is 0.562. The van der Waals surface area contributed by atoms with Crippen molar-refractivity contribution < 1.29 is 9.90 Å². The van der Waals surface area contributed by atoms with Crippen molar-refractivity contribution >= 4 is 5.97 Å². The van der Waals surface area contributed by atoms with Gasteiger partial charge < -0.3 is 5.11 Å². The Morgan fingerprint density at radius 2 is 2.00 bits per heavy atom. The maximum atomic E-state index is 10.9. The second-order valence-electron chi connectivity index (χ2n) is 5.79. The van der Waals surface area contributed by atoms with Crippen molar-refractivity contribution in [2.24, 2.45) is 5.92 Å². The van der Waals surface area contributed by atoms with Crippen molar-refractivity contribution in [2.75, 3.05) is 6.54 Å². The molecule has 104 valence electrons. The van der Waals surface area contributed by atoms with E-state index in [1.165, 1.54) is 12.8 Å². The third-order valence-electron chi connectivity index (χ3n) is 4.11. The van der Waals surface area contributed by atoms with E-state index in [9.17, 15) is 4.79 Å². The Bertz CT molecular complexity index is 444. The minimum atomic E-state index is -0.757. The van der Waals surface area contributed by atoms with Crippen molar-refractivity contribution in [1.29, 1.82) is 0 Å². The molecule has 1 aliphatic rings. The first kappa shape index (κ1) is 14.1. The van der Waals surface area contributed by atoms with E-state index in [4.69, 9.17) is 5.11 Å². The number of aliphatic carboxylic acids is 1. The monoisotopic (exact) mass is 261 g/mol. The Morgan fingerprint density at radius 1 is 1.32 bits per heavy atom. The highest BCUT2D eigenvalue weighted by molar-refractivity contribution is 5.70. The van der Waals surface area contributed by atoms with Crippen molar-refractivity contribution in [3.05, 3.63) is 35.4 Å². The minimum Gasteiger partial charge on any atom is -0.481 e. The van der Waals surface area contributed by atoms with E-state index in [1.54, 1.807) is 0 Å². The highest BCUT2D eigenvalue weighted by Gasteiger charge is 2.23. The van der Waals surface area contributed by atoms with Gasteiger partial charge in [-0.05, 0) is 43.4 Å². The van der Waals surface area contributed by atoms with Gasteiger partial charge in [0, 0.05) is 12.6 Å². The molecule has 19 heavy (non-hydrogen) atoms. The SMILES string of the molecule is CC1CCN(Cc2ccccc2CC(=O)O)C(C)C1. The summed E-state index contributed by atoms with van der Waals surface area (Å²) in [4.78, 5) is 13.4. The van der Waals surface area contributed by atoms with Crippen LogP contribution in [0.2, 0.25) is 0 Å². The molecule has 0 bridgehead atoms. The van der Waals surface area contributed by atoms with Crippen molar-refractivity contribution in [3.63, 3.8) is 0 Å². The van der Waals surface area contributed by atoms with E-state index in [-0.39, 0.29) is 6.42 Å². The topological polar surface area (TPSA) is 40.5 Å². The van der Waals surface area contributed by atoms with Crippen molar-refractivity contribution in [1.82, 2.24) is 4.90 Å². The third kappa shape index (κ3) is 3.80. The number of piperidine rings is 1. The molecule has 1 aromatic rings. The van der Waals surface area contributed by atoms with E-state index >= 15 is 0 Å². The van der Waals surface area contributed by atoms with Gasteiger partial charge in [-0.15, -0.1) is 0 Å². The van der Waals surface area contributed by atoms with Crippen LogP contribution in [0.25, 0.3) is 0 Å². The lowest BCUT2D eigenvalue weighted by atomic mass is 9.92. The molecule has 1 heterocycles. The highest BCUT2D eigenvalue weighted by atomic mass is 16.4. The van der Waals surface area contributed by atoms with Gasteiger partial charge in [-0.25, -0.2) is 0 Å². The Morgan fingerprint density at radius 3 is 2.63 bits per heavy atom. The number of rotatable bonds is 4. The van der Waals surface area contributed by atoms with E-state index < -0.39 is 5.97 Å². The van der Waals surface area contributed by atoms with Crippen LogP contribution in [-0.4, -0.2) is 28.6 Å². The van der Waals surface area contributed by atoms with Gasteiger partial charge in [-0.2, -0.15) is 0 Å². The number of carboxylic acid groups (broad SMARTS) is 1. The van der Waals surface area contributed by atoms with Gasteiger partial charge in [-0.3, -0.25) is 9.69 Å². The highest BCUT2D eigenvalue weighted by Crippen LogP contribution is 2.24. The zero-order valence-electron chi connectivity index (χ0n) is 11.8. The zero-order chi connectivity index (χ0) is 13.8. The van der Waals surface area contributed by atoms with Crippen LogP contribution < -0.4 is 0 Å². The Kier molecular flexibility index (Phi) is 4.59. The van der Waals surface area contributed by atoms with E-state index in [2.05, 4.69) is 24.8 Å². The van der Waals surface area contributed by atoms with Crippen LogP contribution in [0.1, 0.15) is 37.8 Å². The van der Waals surface area contributed by atoms with Crippen molar-refractivity contribution in [3.8, 4) is 0 Å². The summed E-state index contributed by atoms with van der Waals surface area (Å²) in [7, 11) is 0. The summed E-state index contributed by atoms with van der Waals surface area (Å²) < 4.78 is 0. The molecule has 3 heteroatoms. The fourth-order valence-corrected chi connectivity index (χ4v) is 2.96. The summed E-state index contributed by atoms with van der Waals surface area (Å²) in [5.74, 6) is 0.0493. The molecular weight excluding hydrogens is 238 g/mol. The number of benzene rings is 1. The van der Waals surface area contributed by atoms with Crippen LogP contribution >= 0.6 is 0 Å². The van der Waals surface area contributed by atoms with Gasteiger partial charge in [-0.1, -0.05) is 31.2 Å². The Hall–Kier alpha value is -1.35. The van der Waals surface area contributed by atoms with Gasteiger partial charge in [0.2, 0.25) is 0 Å². The summed E-state index contributed by atoms with van der Waals surface area (Å²) in [6.45, 7) is 6.57. The predicted molar refractivity (Wildman–Crippen MR) is 76.1 cm³/mol. The molecule has 0 aromatic heterocycles. The second kappa shape index (κ2) is 6.20. The largest absolute Gasteiger partial charge is 0.481 e. The molecule has 1 aromatic carbocycles. The molecule has 0 amide bonds. The Balaban J connectivity index is 2.08. The number of hydrogen-bond acceptors (Lipinski definition) is 2. The molecule has 0 aliphatic carbocycles. The fourth-order valence-electron chi connectivity index (χ4n) is 2.96. The predicted octanol–water partition coefficient (Wildman–Crippen LogP) is 2.93. The normalized spacial score (nSPS) is 24.3. The van der Waals surface area contributed by atoms with Gasteiger partial charge >= 0.3 is 5.97 Å². The van der Waals surface area contributed by atoms with Crippen molar-refractivity contribution in [2.45, 2.75) is 45.7 Å². The van der Waals surface area contributed by atoms with Crippen LogP contribution in [0.3, 0.4) is 0 Å². The average molecular weight is 261 g/mol. The standard InChI is InChI=1S/C16H23NO2/c1-12-7-8-17(13(2)9-12)11-15-6-4-3-5-14(15)10-16(18)19/h3-6,12-13H,7-11H2,1-2H3,(H,18,19). The van der Waals surface area contributed by atoms with Gasteiger partial charge in [0.15, 0.2) is 0 Å². The number of carbonyl (C=O) groups is 1. The second-order valence-corrected chi connectivity index (χ2v) is 5.79. The summed E-state index contributed by atoms with van der Waals surface area (Å²) in [6.07, 6.45) is 2.60. The smallest absolute Gasteiger partial charge is 0.307 e. The summed E-state index contributed by atoms with van der Waals surface area (Å²) in [5, 5.41) is 8.97. The van der Waals surface area contributed by atoms with Crippen LogP contribution in [0.4, 0.5) is 0 Å². The quantitative estimate of drug-likeness (QED) is 0.906. The molecule has 3 nitrogen and oxygen atoms in total. The lowest BCUT2D eigenvalue weighted by molar-refractivity contribution is -0.136. The molecular formula is C16H23NO2. The molecule has 0 radical (unpaired) electrons. The molecule has 2 rings (SSSR count). The maximum Gasteiger partial charge on any atom is 0.307 e. The first-order valence-electron chi connectivity index (χ1n) is 7.09. The molecule has 1 fully saturated rings. The molecule has 0 saturated carbocycles. The summed E-state index contributed by atoms with van der Waals surface area (Å²) >= 11 is 0. The van der Waals surface area contributed by atoms with Crippen LogP contribution in [-0.2, 0) is 17.8 Å². The zero-order valence-corrected chi connectivity index (χ0v) is 11.8. The van der Waals surface area contributed by atoms with E-state index in [0.29, 0.717) is 6.04 Å². The van der Waals surface area contributed by atoms with E-state index in [0.717, 1.165) is 30.1 Å². The first-order valence-corrected chi connectivity index (χ1v) is 7.09. The molecule has 1 aliphatic heterocycles. The minimum absolute atomic E-state index is 0.120. The summed E-state index contributed by atoms with van der Waals surface area (Å²) in [5.41, 5.74) is 2.10. The molecule has 0 spiro atoms. The summed E-state index contributed by atoms with van der Waals surface area (Å²) in [6, 6.07) is 8.49. The van der Waals surface area contributed by atoms with Crippen LogP contribution in [0, 0.1) is 5.92 Å². The number of nitrogens with zero attached hydrogens (tertiary/aromatic N) is 1. The third-order valence-corrected chi connectivity index (χ3v) is 4.11. The first-order chi connectivity index (χ1) is 9.06. The average Bonchev–Trinajstić information content (AvgIpc) is 2.34. The molecule has 2 unspecified atom stereocenters. The maximum absolute atomic E-state index is 10.9.